The molecule has 0 fully saturated rings. The lowest BCUT2D eigenvalue weighted by Gasteiger charge is -2.16. The largest absolute Gasteiger partial charge is 0.493 e. The molecule has 1 amide bonds. The predicted octanol–water partition coefficient (Wildman–Crippen LogP) is 7.47. The molecular weight excluding hydrogens is 630 g/mol. The van der Waals surface area contributed by atoms with Gasteiger partial charge in [0.1, 0.15) is 24.9 Å². The summed E-state index contributed by atoms with van der Waals surface area (Å²) in [4.78, 5) is 23.3. The fourth-order valence-electron chi connectivity index (χ4n) is 4.10. The number of carbonyl (C=O) groups is 1. The number of halogens is 1. The van der Waals surface area contributed by atoms with E-state index in [0.717, 1.165) is 11.1 Å². The van der Waals surface area contributed by atoms with E-state index in [1.807, 2.05) is 61.5 Å². The van der Waals surface area contributed by atoms with Crippen LogP contribution in [0.1, 0.15) is 23.6 Å². The minimum absolute atomic E-state index is 0.183. The molecule has 0 aliphatic carbocycles. The molecule has 0 radical (unpaired) electrons. The minimum atomic E-state index is -0.715. The Morgan fingerprint density at radius 3 is 2.41 bits per heavy atom. The van der Waals surface area contributed by atoms with Gasteiger partial charge in [-0.15, -0.1) is 0 Å². The molecule has 0 unspecified atom stereocenters. The maximum Gasteiger partial charge on any atom is 0.271 e. The number of amides is 1. The Balaban J connectivity index is 1.49. The molecule has 0 aliphatic heterocycles. The van der Waals surface area contributed by atoms with E-state index in [1.54, 1.807) is 19.2 Å². The fourth-order valence-corrected chi connectivity index (χ4v) is 4.67. The maximum atomic E-state index is 12.8. The van der Waals surface area contributed by atoms with Gasteiger partial charge in [-0.1, -0.05) is 42.5 Å². The van der Waals surface area contributed by atoms with Crippen LogP contribution in [0.3, 0.4) is 0 Å². The molecule has 1 N–H and O–H groups in total. The van der Waals surface area contributed by atoms with E-state index < -0.39 is 10.8 Å². The predicted molar refractivity (Wildman–Crippen MR) is 169 cm³/mol. The van der Waals surface area contributed by atoms with E-state index in [1.165, 1.54) is 30.3 Å². The van der Waals surface area contributed by atoms with Crippen molar-refractivity contribution in [2.45, 2.75) is 20.1 Å². The van der Waals surface area contributed by atoms with Gasteiger partial charge in [-0.05, 0) is 76.0 Å². The molecule has 4 aromatic carbocycles. The van der Waals surface area contributed by atoms with Crippen molar-refractivity contribution in [3.63, 3.8) is 0 Å². The van der Waals surface area contributed by atoms with Gasteiger partial charge in [0, 0.05) is 17.8 Å². The van der Waals surface area contributed by atoms with Gasteiger partial charge in [-0.3, -0.25) is 14.9 Å². The molecular formula is C33H28BrN3O7. The summed E-state index contributed by atoms with van der Waals surface area (Å²) in [7, 11) is 1.57. The van der Waals surface area contributed by atoms with Crippen LogP contribution >= 0.6 is 15.9 Å². The molecule has 0 aromatic heterocycles. The molecule has 0 saturated carbocycles. The third kappa shape index (κ3) is 8.36. The highest BCUT2D eigenvalue weighted by Crippen LogP contribution is 2.38. The molecule has 0 saturated heterocycles. The van der Waals surface area contributed by atoms with E-state index in [9.17, 15) is 20.2 Å². The van der Waals surface area contributed by atoms with Crippen molar-refractivity contribution in [3.8, 4) is 29.1 Å². The zero-order chi connectivity index (χ0) is 31.5. The van der Waals surface area contributed by atoms with Crippen LogP contribution in [-0.2, 0) is 18.0 Å². The number of nitrogens with zero attached hydrogens (tertiary/aromatic N) is 2. The number of nitriles is 1. The lowest BCUT2D eigenvalue weighted by atomic mass is 10.1. The number of hydrogen-bond acceptors (Lipinski definition) is 8. The molecule has 11 heteroatoms. The summed E-state index contributed by atoms with van der Waals surface area (Å²) in [5.41, 5.74) is 2.17. The standard InChI is InChI=1S/C33H28BrN3O7/c1-3-42-31-17-24(14-25(19-35)33(38)36-26-10-7-11-27(18-26)37(39)40)15-28(34)32(31)44-21-23-12-13-29(30(16-23)41-2)43-20-22-8-5-4-6-9-22/h4-18H,3,20-21H2,1-2H3,(H,36,38)/b25-14-. The van der Waals surface area contributed by atoms with E-state index >= 15 is 0 Å². The van der Waals surface area contributed by atoms with Crippen LogP contribution in [0.5, 0.6) is 23.0 Å². The molecule has 0 bridgehead atoms. The van der Waals surface area contributed by atoms with Gasteiger partial charge in [-0.2, -0.15) is 5.26 Å². The van der Waals surface area contributed by atoms with Gasteiger partial charge in [0.15, 0.2) is 23.0 Å². The van der Waals surface area contributed by atoms with Crippen molar-refractivity contribution in [2.24, 2.45) is 0 Å². The van der Waals surface area contributed by atoms with Crippen molar-refractivity contribution < 1.29 is 28.7 Å². The quantitative estimate of drug-likeness (QED) is 0.0677. The highest BCUT2D eigenvalue weighted by atomic mass is 79.9. The second-order valence-electron chi connectivity index (χ2n) is 9.24. The number of ether oxygens (including phenoxy) is 4. The molecule has 44 heavy (non-hydrogen) atoms. The SMILES string of the molecule is CCOc1cc(/C=C(/C#N)C(=O)Nc2cccc([N+](=O)[O-])c2)cc(Br)c1OCc1ccc(OCc2ccccc2)c(OC)c1. The summed E-state index contributed by atoms with van der Waals surface area (Å²) < 4.78 is 24.0. The van der Waals surface area contributed by atoms with Crippen LogP contribution in [0.4, 0.5) is 11.4 Å². The van der Waals surface area contributed by atoms with Gasteiger partial charge in [0.05, 0.1) is 23.1 Å². The van der Waals surface area contributed by atoms with Crippen LogP contribution in [0, 0.1) is 21.4 Å². The number of carbonyl (C=O) groups excluding carboxylic acids is 1. The van der Waals surface area contributed by atoms with E-state index in [-0.39, 0.29) is 23.6 Å². The van der Waals surface area contributed by atoms with Crippen molar-refractivity contribution >= 4 is 39.3 Å². The van der Waals surface area contributed by atoms with Crippen molar-refractivity contribution in [1.82, 2.24) is 0 Å². The van der Waals surface area contributed by atoms with E-state index in [0.29, 0.717) is 46.2 Å². The lowest BCUT2D eigenvalue weighted by Crippen LogP contribution is -2.13. The third-order valence-corrected chi connectivity index (χ3v) is 6.76. The topological polar surface area (TPSA) is 133 Å². The summed E-state index contributed by atoms with van der Waals surface area (Å²) >= 11 is 3.52. The molecule has 224 valence electrons. The zero-order valence-corrected chi connectivity index (χ0v) is 25.5. The molecule has 0 atom stereocenters. The Hall–Kier alpha value is -5.34. The molecule has 10 nitrogen and oxygen atoms in total. The number of nitrogens with one attached hydrogen (secondary N) is 1. The van der Waals surface area contributed by atoms with Crippen LogP contribution in [-0.4, -0.2) is 24.5 Å². The van der Waals surface area contributed by atoms with Gasteiger partial charge in [0.2, 0.25) is 0 Å². The number of methoxy groups -OCH3 is 1. The number of nitro benzene ring substituents is 1. The summed E-state index contributed by atoms with van der Waals surface area (Å²) in [5.74, 6) is 1.30. The average Bonchev–Trinajstić information content (AvgIpc) is 3.03. The van der Waals surface area contributed by atoms with E-state index in [4.69, 9.17) is 18.9 Å². The Labute approximate surface area is 262 Å². The molecule has 0 aliphatic rings. The first-order valence-corrected chi connectivity index (χ1v) is 14.2. The van der Waals surface area contributed by atoms with Gasteiger partial charge >= 0.3 is 0 Å². The van der Waals surface area contributed by atoms with Gasteiger partial charge < -0.3 is 24.3 Å². The monoisotopic (exact) mass is 657 g/mol. The molecule has 0 heterocycles. The lowest BCUT2D eigenvalue weighted by molar-refractivity contribution is -0.384. The fraction of sp³-hybridized carbons (Fsp3) is 0.152. The summed E-state index contributed by atoms with van der Waals surface area (Å²) in [6, 6.07) is 26.1. The second kappa shape index (κ2) is 15.2. The summed E-state index contributed by atoms with van der Waals surface area (Å²) in [6.45, 7) is 2.77. The highest BCUT2D eigenvalue weighted by molar-refractivity contribution is 9.10. The number of benzene rings is 4. The molecule has 4 rings (SSSR count). The van der Waals surface area contributed by atoms with Gasteiger partial charge in [-0.25, -0.2) is 0 Å². The maximum absolute atomic E-state index is 12.8. The third-order valence-electron chi connectivity index (χ3n) is 6.17. The Bertz CT molecular complexity index is 1720. The number of hydrogen-bond donors (Lipinski definition) is 1. The Morgan fingerprint density at radius 1 is 0.932 bits per heavy atom. The number of non-ortho nitro benzene ring substituents is 1. The average molecular weight is 659 g/mol. The number of nitro groups is 1. The Kier molecular flexibility index (Phi) is 10.9. The van der Waals surface area contributed by atoms with Crippen LogP contribution in [0.2, 0.25) is 0 Å². The number of rotatable bonds is 13. The van der Waals surface area contributed by atoms with E-state index in [2.05, 4.69) is 21.2 Å². The second-order valence-corrected chi connectivity index (χ2v) is 10.1. The zero-order valence-electron chi connectivity index (χ0n) is 23.9. The summed E-state index contributed by atoms with van der Waals surface area (Å²) in [5, 5.41) is 23.2. The van der Waals surface area contributed by atoms with Crippen LogP contribution in [0.15, 0.2) is 95.0 Å². The molecule has 0 spiro atoms. The van der Waals surface area contributed by atoms with Crippen LogP contribution in [0.25, 0.3) is 6.08 Å². The number of anilines is 1. The first kappa shape index (κ1) is 31.6. The first-order chi connectivity index (χ1) is 21.3. The minimum Gasteiger partial charge on any atom is -0.493 e. The van der Waals surface area contributed by atoms with Crippen molar-refractivity contribution in [2.75, 3.05) is 19.0 Å². The highest BCUT2D eigenvalue weighted by Gasteiger charge is 2.16. The Morgan fingerprint density at radius 2 is 1.70 bits per heavy atom. The van der Waals surface area contributed by atoms with Gasteiger partial charge in [0.25, 0.3) is 11.6 Å². The molecule has 4 aromatic rings. The normalized spacial score (nSPS) is 10.8. The van der Waals surface area contributed by atoms with Crippen molar-refractivity contribution in [1.29, 1.82) is 5.26 Å². The summed E-state index contributed by atoms with van der Waals surface area (Å²) in [6.07, 6.45) is 1.39. The first-order valence-electron chi connectivity index (χ1n) is 13.4. The smallest absolute Gasteiger partial charge is 0.271 e. The van der Waals surface area contributed by atoms with Crippen molar-refractivity contribution in [3.05, 3.63) is 122 Å². The van der Waals surface area contributed by atoms with Crippen LogP contribution < -0.4 is 24.3 Å².